The quantitative estimate of drug-likeness (QED) is 0.550. The lowest BCUT2D eigenvalue weighted by molar-refractivity contribution is -0.384. The van der Waals surface area contributed by atoms with E-state index in [1.807, 2.05) is 12.3 Å². The van der Waals surface area contributed by atoms with Crippen molar-refractivity contribution in [1.82, 2.24) is 0 Å². The minimum absolute atomic E-state index is 0.0731. The van der Waals surface area contributed by atoms with E-state index in [0.717, 1.165) is 10.2 Å². The standard InChI is InChI=1S/C12H10Br2N2O2S/c1-7(12-4-8(13)6-19-12)15-11-3-2-9(16(17)18)5-10(11)14/h2-7,15H,1H3. The molecular formula is C12H10Br2N2O2S. The molecule has 0 bridgehead atoms. The maximum Gasteiger partial charge on any atom is 0.270 e. The van der Waals surface area contributed by atoms with Gasteiger partial charge in [-0.05, 0) is 50.9 Å². The SMILES string of the molecule is CC(Nc1ccc([N+](=O)[O-])cc1Br)c1cc(Br)cs1. The molecule has 0 aliphatic rings. The Labute approximate surface area is 131 Å². The van der Waals surface area contributed by atoms with Crippen molar-refractivity contribution in [1.29, 1.82) is 0 Å². The fraction of sp³-hybridized carbons (Fsp3) is 0.167. The molecule has 0 saturated carbocycles. The van der Waals surface area contributed by atoms with Gasteiger partial charge in [-0.2, -0.15) is 0 Å². The van der Waals surface area contributed by atoms with E-state index in [1.165, 1.54) is 17.0 Å². The molecular weight excluding hydrogens is 396 g/mol. The van der Waals surface area contributed by atoms with Gasteiger partial charge in [0.25, 0.3) is 5.69 Å². The summed E-state index contributed by atoms with van der Waals surface area (Å²) in [5.74, 6) is 0. The molecule has 0 fully saturated rings. The number of halogens is 2. The average molecular weight is 406 g/mol. The van der Waals surface area contributed by atoms with Crippen LogP contribution in [0.3, 0.4) is 0 Å². The summed E-state index contributed by atoms with van der Waals surface area (Å²) in [6.07, 6.45) is 0. The van der Waals surface area contributed by atoms with E-state index in [-0.39, 0.29) is 11.7 Å². The molecule has 1 aromatic carbocycles. The predicted molar refractivity (Wildman–Crippen MR) is 84.9 cm³/mol. The van der Waals surface area contributed by atoms with Crippen LogP contribution in [0.15, 0.2) is 38.6 Å². The predicted octanol–water partition coefficient (Wildman–Crippen LogP) is 5.35. The molecule has 1 heterocycles. The number of benzene rings is 1. The Balaban J connectivity index is 2.17. The molecule has 7 heteroatoms. The Morgan fingerprint density at radius 3 is 2.63 bits per heavy atom. The van der Waals surface area contributed by atoms with Crippen LogP contribution in [0.4, 0.5) is 11.4 Å². The van der Waals surface area contributed by atoms with Gasteiger partial charge in [-0.1, -0.05) is 0 Å². The Morgan fingerprint density at radius 1 is 1.37 bits per heavy atom. The first-order chi connectivity index (χ1) is 8.97. The molecule has 0 aliphatic heterocycles. The Hall–Kier alpha value is -0.920. The fourth-order valence-electron chi connectivity index (χ4n) is 1.59. The first-order valence-corrected chi connectivity index (χ1v) is 7.88. The van der Waals surface area contributed by atoms with E-state index < -0.39 is 4.92 Å². The largest absolute Gasteiger partial charge is 0.377 e. The molecule has 4 nitrogen and oxygen atoms in total. The summed E-state index contributed by atoms with van der Waals surface area (Å²) in [5.41, 5.74) is 0.909. The van der Waals surface area contributed by atoms with E-state index in [4.69, 9.17) is 0 Å². The maximum atomic E-state index is 10.7. The van der Waals surface area contributed by atoms with Crippen molar-refractivity contribution in [2.45, 2.75) is 13.0 Å². The molecule has 0 amide bonds. The topological polar surface area (TPSA) is 55.2 Å². The molecule has 1 N–H and O–H groups in total. The summed E-state index contributed by atoms with van der Waals surface area (Å²) >= 11 is 8.43. The number of nitro groups is 1. The van der Waals surface area contributed by atoms with Gasteiger partial charge in [-0.25, -0.2) is 0 Å². The second-order valence-corrected chi connectivity index (χ2v) is 6.67. The van der Waals surface area contributed by atoms with Gasteiger partial charge in [-0.3, -0.25) is 10.1 Å². The second-order valence-electron chi connectivity index (χ2n) is 3.95. The van der Waals surface area contributed by atoms with Gasteiger partial charge in [0.2, 0.25) is 0 Å². The molecule has 100 valence electrons. The first-order valence-electron chi connectivity index (χ1n) is 5.42. The third-order valence-corrected chi connectivity index (χ3v) is 5.08. The lowest BCUT2D eigenvalue weighted by Gasteiger charge is -2.14. The van der Waals surface area contributed by atoms with Crippen LogP contribution < -0.4 is 5.32 Å². The smallest absolute Gasteiger partial charge is 0.270 e. The molecule has 2 aromatic rings. The normalized spacial score (nSPS) is 12.2. The molecule has 19 heavy (non-hydrogen) atoms. The van der Waals surface area contributed by atoms with Gasteiger partial charge in [0, 0.05) is 37.0 Å². The summed E-state index contributed by atoms with van der Waals surface area (Å²) in [7, 11) is 0. The Kier molecular flexibility index (Phi) is 4.59. The number of hydrogen-bond donors (Lipinski definition) is 1. The molecule has 1 atom stereocenters. The number of nitrogens with one attached hydrogen (secondary N) is 1. The van der Waals surface area contributed by atoms with Gasteiger partial charge in [0.15, 0.2) is 0 Å². The number of anilines is 1. The zero-order valence-electron chi connectivity index (χ0n) is 9.89. The third kappa shape index (κ3) is 3.55. The lowest BCUT2D eigenvalue weighted by atomic mass is 10.2. The number of thiophene rings is 1. The van der Waals surface area contributed by atoms with Crippen LogP contribution in [0.1, 0.15) is 17.8 Å². The van der Waals surface area contributed by atoms with Crippen LogP contribution in [0, 0.1) is 10.1 Å². The summed E-state index contributed by atoms with van der Waals surface area (Å²) in [4.78, 5) is 11.5. The van der Waals surface area contributed by atoms with E-state index >= 15 is 0 Å². The van der Waals surface area contributed by atoms with Crippen LogP contribution in [0.25, 0.3) is 0 Å². The van der Waals surface area contributed by atoms with E-state index in [1.54, 1.807) is 17.4 Å². The van der Waals surface area contributed by atoms with Crippen molar-refractivity contribution >= 4 is 54.6 Å². The van der Waals surface area contributed by atoms with Crippen LogP contribution in [0.5, 0.6) is 0 Å². The van der Waals surface area contributed by atoms with Crippen LogP contribution in [-0.4, -0.2) is 4.92 Å². The number of rotatable bonds is 4. The highest BCUT2D eigenvalue weighted by Crippen LogP contribution is 2.32. The monoisotopic (exact) mass is 404 g/mol. The molecule has 0 spiro atoms. The minimum atomic E-state index is -0.408. The molecule has 1 aromatic heterocycles. The second kappa shape index (κ2) is 6.02. The summed E-state index contributed by atoms with van der Waals surface area (Å²) < 4.78 is 1.74. The molecule has 0 radical (unpaired) electrons. The van der Waals surface area contributed by atoms with Gasteiger partial charge in [0.1, 0.15) is 0 Å². The highest BCUT2D eigenvalue weighted by Gasteiger charge is 2.12. The number of nitrogens with zero attached hydrogens (tertiary/aromatic N) is 1. The Bertz CT molecular complexity index is 616. The maximum absolute atomic E-state index is 10.7. The van der Waals surface area contributed by atoms with Crippen molar-refractivity contribution in [2.75, 3.05) is 5.32 Å². The molecule has 0 aliphatic carbocycles. The van der Waals surface area contributed by atoms with Crippen molar-refractivity contribution < 1.29 is 4.92 Å². The zero-order valence-corrected chi connectivity index (χ0v) is 13.9. The highest BCUT2D eigenvalue weighted by atomic mass is 79.9. The summed E-state index contributed by atoms with van der Waals surface area (Å²) in [6.45, 7) is 2.05. The Morgan fingerprint density at radius 2 is 2.11 bits per heavy atom. The fourth-order valence-corrected chi connectivity index (χ4v) is 3.53. The van der Waals surface area contributed by atoms with Crippen molar-refractivity contribution in [3.8, 4) is 0 Å². The van der Waals surface area contributed by atoms with Gasteiger partial charge in [0.05, 0.1) is 11.0 Å². The zero-order chi connectivity index (χ0) is 14.0. The average Bonchev–Trinajstić information content (AvgIpc) is 2.78. The van der Waals surface area contributed by atoms with Crippen LogP contribution in [-0.2, 0) is 0 Å². The third-order valence-electron chi connectivity index (χ3n) is 2.55. The van der Waals surface area contributed by atoms with Gasteiger partial charge < -0.3 is 5.32 Å². The summed E-state index contributed by atoms with van der Waals surface area (Å²) in [6, 6.07) is 6.89. The number of nitro benzene ring substituents is 1. The van der Waals surface area contributed by atoms with Crippen LogP contribution in [0.2, 0.25) is 0 Å². The van der Waals surface area contributed by atoms with Crippen molar-refractivity contribution in [2.24, 2.45) is 0 Å². The highest BCUT2D eigenvalue weighted by molar-refractivity contribution is 9.10. The number of hydrogen-bond acceptors (Lipinski definition) is 4. The van der Waals surface area contributed by atoms with Gasteiger partial charge in [-0.15, -0.1) is 11.3 Å². The van der Waals surface area contributed by atoms with Gasteiger partial charge >= 0.3 is 0 Å². The van der Waals surface area contributed by atoms with Crippen molar-refractivity contribution in [3.05, 3.63) is 53.6 Å². The van der Waals surface area contributed by atoms with E-state index in [0.29, 0.717) is 4.47 Å². The molecule has 2 rings (SSSR count). The van der Waals surface area contributed by atoms with Crippen molar-refractivity contribution in [3.63, 3.8) is 0 Å². The molecule has 1 unspecified atom stereocenters. The lowest BCUT2D eigenvalue weighted by Crippen LogP contribution is -2.05. The van der Waals surface area contributed by atoms with E-state index in [9.17, 15) is 10.1 Å². The minimum Gasteiger partial charge on any atom is -0.377 e. The first kappa shape index (κ1) is 14.5. The number of non-ortho nitro benzene ring substituents is 1. The van der Waals surface area contributed by atoms with Crippen LogP contribution >= 0.6 is 43.2 Å². The summed E-state index contributed by atoms with van der Waals surface area (Å²) in [5, 5.41) is 16.0. The molecule has 0 saturated heterocycles. The van der Waals surface area contributed by atoms with E-state index in [2.05, 4.69) is 43.2 Å².